The van der Waals surface area contributed by atoms with Gasteiger partial charge >= 0.3 is 0 Å². The highest BCUT2D eigenvalue weighted by molar-refractivity contribution is 6.31. The monoisotopic (exact) mass is 269 g/mol. The van der Waals surface area contributed by atoms with Gasteiger partial charge in [0.15, 0.2) is 0 Å². The molecular weight excluding hydrogens is 246 g/mol. The SMILES string of the molecule is CCCCc1cc(OC)c(CC(N)CC)cc1Cl. The number of unbranched alkanes of at least 4 members (excludes halogenated alkanes) is 1. The molecule has 2 N–H and O–H groups in total. The van der Waals surface area contributed by atoms with E-state index in [-0.39, 0.29) is 6.04 Å². The highest BCUT2D eigenvalue weighted by atomic mass is 35.5. The van der Waals surface area contributed by atoms with E-state index in [4.69, 9.17) is 22.1 Å². The molecule has 0 aliphatic carbocycles. The van der Waals surface area contributed by atoms with Crippen LogP contribution in [0.5, 0.6) is 5.75 Å². The first kappa shape index (κ1) is 15.3. The highest BCUT2D eigenvalue weighted by Crippen LogP contribution is 2.29. The second kappa shape index (κ2) is 7.65. The lowest BCUT2D eigenvalue weighted by atomic mass is 10.00. The van der Waals surface area contributed by atoms with Crippen molar-refractivity contribution < 1.29 is 4.74 Å². The van der Waals surface area contributed by atoms with Crippen molar-refractivity contribution in [2.75, 3.05) is 7.11 Å². The fourth-order valence-corrected chi connectivity index (χ4v) is 2.25. The average Bonchev–Trinajstić information content (AvgIpc) is 2.37. The number of halogens is 1. The number of hydrogen-bond acceptors (Lipinski definition) is 2. The van der Waals surface area contributed by atoms with Crippen LogP contribution in [-0.4, -0.2) is 13.2 Å². The first-order valence-electron chi connectivity index (χ1n) is 6.73. The summed E-state index contributed by atoms with van der Waals surface area (Å²) in [5.74, 6) is 0.911. The summed E-state index contributed by atoms with van der Waals surface area (Å²) in [4.78, 5) is 0. The van der Waals surface area contributed by atoms with Crippen LogP contribution in [0.1, 0.15) is 44.2 Å². The number of benzene rings is 1. The number of rotatable bonds is 7. The molecule has 0 aliphatic rings. The first-order chi connectivity index (χ1) is 8.62. The molecule has 1 atom stereocenters. The molecule has 1 rings (SSSR count). The molecule has 0 radical (unpaired) electrons. The quantitative estimate of drug-likeness (QED) is 0.813. The molecule has 102 valence electrons. The third-order valence-electron chi connectivity index (χ3n) is 3.26. The van der Waals surface area contributed by atoms with Gasteiger partial charge in [0.05, 0.1) is 7.11 Å². The fourth-order valence-electron chi connectivity index (χ4n) is 1.97. The van der Waals surface area contributed by atoms with Crippen molar-refractivity contribution in [3.8, 4) is 5.75 Å². The van der Waals surface area contributed by atoms with E-state index in [9.17, 15) is 0 Å². The van der Waals surface area contributed by atoms with Gasteiger partial charge in [0.2, 0.25) is 0 Å². The van der Waals surface area contributed by atoms with Crippen LogP contribution in [0.25, 0.3) is 0 Å². The Bertz CT molecular complexity index is 379. The summed E-state index contributed by atoms with van der Waals surface area (Å²) in [6.07, 6.45) is 5.09. The zero-order valence-electron chi connectivity index (χ0n) is 11.6. The van der Waals surface area contributed by atoms with Gasteiger partial charge < -0.3 is 10.5 Å². The molecule has 1 unspecified atom stereocenters. The van der Waals surface area contributed by atoms with E-state index in [2.05, 4.69) is 19.9 Å². The van der Waals surface area contributed by atoms with Gasteiger partial charge in [-0.1, -0.05) is 31.9 Å². The van der Waals surface area contributed by atoms with Gasteiger partial charge in [0.25, 0.3) is 0 Å². The van der Waals surface area contributed by atoms with Crippen LogP contribution in [0.2, 0.25) is 5.02 Å². The molecule has 0 bridgehead atoms. The van der Waals surface area contributed by atoms with Gasteiger partial charge in [0.1, 0.15) is 5.75 Å². The maximum atomic E-state index is 6.32. The number of ether oxygens (including phenoxy) is 1. The molecule has 0 aromatic heterocycles. The molecule has 1 aromatic carbocycles. The van der Waals surface area contributed by atoms with Gasteiger partial charge in [-0.05, 0) is 48.9 Å². The standard InChI is InChI=1S/C15H24ClNO/c1-4-6-7-11-10-15(18-3)12(9-14(11)16)8-13(17)5-2/h9-10,13H,4-8,17H2,1-3H3. The topological polar surface area (TPSA) is 35.2 Å². The van der Waals surface area contributed by atoms with E-state index in [1.807, 2.05) is 6.07 Å². The van der Waals surface area contributed by atoms with Gasteiger partial charge in [-0.25, -0.2) is 0 Å². The minimum atomic E-state index is 0.163. The van der Waals surface area contributed by atoms with Gasteiger partial charge in [-0.2, -0.15) is 0 Å². The molecule has 0 spiro atoms. The van der Waals surface area contributed by atoms with E-state index in [0.717, 1.165) is 42.0 Å². The Morgan fingerprint density at radius 3 is 2.56 bits per heavy atom. The van der Waals surface area contributed by atoms with E-state index < -0.39 is 0 Å². The lowest BCUT2D eigenvalue weighted by Crippen LogP contribution is -2.21. The van der Waals surface area contributed by atoms with Crippen LogP contribution in [0, 0.1) is 0 Å². The molecule has 2 nitrogen and oxygen atoms in total. The van der Waals surface area contributed by atoms with Crippen molar-refractivity contribution in [1.82, 2.24) is 0 Å². The molecule has 1 aromatic rings. The molecule has 18 heavy (non-hydrogen) atoms. The minimum Gasteiger partial charge on any atom is -0.496 e. The maximum Gasteiger partial charge on any atom is 0.122 e. The van der Waals surface area contributed by atoms with E-state index >= 15 is 0 Å². The van der Waals surface area contributed by atoms with Crippen LogP contribution in [0.4, 0.5) is 0 Å². The van der Waals surface area contributed by atoms with E-state index in [1.54, 1.807) is 7.11 Å². The molecule has 0 saturated heterocycles. The summed E-state index contributed by atoms with van der Waals surface area (Å²) < 4.78 is 5.45. The Balaban J connectivity index is 2.95. The molecular formula is C15H24ClNO. The first-order valence-corrected chi connectivity index (χ1v) is 7.11. The third kappa shape index (κ3) is 4.18. The summed E-state index contributed by atoms with van der Waals surface area (Å²) in [6, 6.07) is 4.24. The third-order valence-corrected chi connectivity index (χ3v) is 3.61. The van der Waals surface area contributed by atoms with Crippen molar-refractivity contribution in [1.29, 1.82) is 0 Å². The maximum absolute atomic E-state index is 6.32. The molecule has 0 amide bonds. The number of nitrogens with two attached hydrogens (primary N) is 1. The Morgan fingerprint density at radius 2 is 2.00 bits per heavy atom. The second-order valence-electron chi connectivity index (χ2n) is 4.73. The molecule has 0 aliphatic heterocycles. The Morgan fingerprint density at radius 1 is 1.28 bits per heavy atom. The van der Waals surface area contributed by atoms with E-state index in [0.29, 0.717) is 0 Å². The predicted octanol–water partition coefficient (Wildman–Crippen LogP) is 3.97. The average molecular weight is 270 g/mol. The van der Waals surface area contributed by atoms with Crippen LogP contribution in [0.3, 0.4) is 0 Å². The molecule has 0 saturated carbocycles. The largest absolute Gasteiger partial charge is 0.496 e. The Labute approximate surface area is 115 Å². The summed E-state index contributed by atoms with van der Waals surface area (Å²) in [5.41, 5.74) is 8.28. The highest BCUT2D eigenvalue weighted by Gasteiger charge is 2.11. The predicted molar refractivity (Wildman–Crippen MR) is 78.6 cm³/mol. The van der Waals surface area contributed by atoms with Gasteiger partial charge in [-0.3, -0.25) is 0 Å². The number of methoxy groups -OCH3 is 1. The van der Waals surface area contributed by atoms with Crippen molar-refractivity contribution in [3.05, 3.63) is 28.3 Å². The van der Waals surface area contributed by atoms with Gasteiger partial charge in [0, 0.05) is 11.1 Å². The Kier molecular flexibility index (Phi) is 6.51. The van der Waals surface area contributed by atoms with Crippen molar-refractivity contribution in [2.45, 2.75) is 52.0 Å². The smallest absolute Gasteiger partial charge is 0.122 e. The second-order valence-corrected chi connectivity index (χ2v) is 5.14. The number of aryl methyl sites for hydroxylation is 1. The van der Waals surface area contributed by atoms with Crippen molar-refractivity contribution in [3.63, 3.8) is 0 Å². The molecule has 0 heterocycles. The Hall–Kier alpha value is -0.730. The normalized spacial score (nSPS) is 12.5. The molecule has 3 heteroatoms. The lowest BCUT2D eigenvalue weighted by Gasteiger charge is -2.15. The zero-order valence-corrected chi connectivity index (χ0v) is 12.4. The van der Waals surface area contributed by atoms with Gasteiger partial charge in [-0.15, -0.1) is 0 Å². The van der Waals surface area contributed by atoms with Crippen LogP contribution in [-0.2, 0) is 12.8 Å². The van der Waals surface area contributed by atoms with Crippen LogP contribution >= 0.6 is 11.6 Å². The minimum absolute atomic E-state index is 0.163. The summed E-state index contributed by atoms with van der Waals surface area (Å²) in [5, 5.41) is 0.836. The molecule has 0 fully saturated rings. The summed E-state index contributed by atoms with van der Waals surface area (Å²) in [7, 11) is 1.70. The fraction of sp³-hybridized carbons (Fsp3) is 0.600. The zero-order chi connectivity index (χ0) is 13.5. The lowest BCUT2D eigenvalue weighted by molar-refractivity contribution is 0.407. The van der Waals surface area contributed by atoms with Crippen LogP contribution < -0.4 is 10.5 Å². The van der Waals surface area contributed by atoms with Crippen molar-refractivity contribution >= 4 is 11.6 Å². The van der Waals surface area contributed by atoms with Crippen molar-refractivity contribution in [2.24, 2.45) is 5.73 Å². The summed E-state index contributed by atoms with van der Waals surface area (Å²) in [6.45, 7) is 4.27. The van der Waals surface area contributed by atoms with Crippen LogP contribution in [0.15, 0.2) is 12.1 Å². The number of hydrogen-bond donors (Lipinski definition) is 1. The van der Waals surface area contributed by atoms with E-state index in [1.165, 1.54) is 12.0 Å². The summed E-state index contributed by atoms with van der Waals surface area (Å²) >= 11 is 6.32.